The monoisotopic (exact) mass is 337 g/mol. The highest BCUT2D eigenvalue weighted by molar-refractivity contribution is 6.42. The van der Waals surface area contributed by atoms with Crippen LogP contribution in [0.1, 0.15) is 19.5 Å². The lowest BCUT2D eigenvalue weighted by Gasteiger charge is -2.12. The van der Waals surface area contributed by atoms with Crippen molar-refractivity contribution in [3.05, 3.63) is 33.9 Å². The summed E-state index contributed by atoms with van der Waals surface area (Å²) < 4.78 is 4.67. The predicted octanol–water partition coefficient (Wildman–Crippen LogP) is 4.26. The van der Waals surface area contributed by atoms with E-state index in [1.54, 1.807) is 12.1 Å². The predicted molar refractivity (Wildman–Crippen MR) is 85.7 cm³/mol. The van der Waals surface area contributed by atoms with Gasteiger partial charge in [-0.05, 0) is 40.9 Å². The Hall–Kier alpha value is -1.92. The Morgan fingerprint density at radius 2 is 1.82 bits per heavy atom. The summed E-state index contributed by atoms with van der Waals surface area (Å²) in [5.41, 5.74) is 2.32. The van der Waals surface area contributed by atoms with Gasteiger partial charge in [0.05, 0.1) is 15.7 Å². The second-order valence-corrected chi connectivity index (χ2v) is 6.10. The van der Waals surface area contributed by atoms with Crippen LogP contribution in [0.5, 0.6) is 0 Å². The molecule has 2 aromatic heterocycles. The zero-order valence-corrected chi connectivity index (χ0v) is 13.5. The van der Waals surface area contributed by atoms with Gasteiger partial charge in [0.1, 0.15) is 0 Å². The van der Waals surface area contributed by atoms with Crippen molar-refractivity contribution in [3.8, 4) is 0 Å². The Morgan fingerprint density at radius 1 is 1.09 bits per heavy atom. The standard InChI is InChI=1S/C14H13Cl2N5O/c1-7(2)5-11-12(19-14-13(18-11)20-22-21-14)17-8-3-4-9(15)10(16)6-8/h3-4,6-7H,5H2,1-2H3,(H,17,19,21). The van der Waals surface area contributed by atoms with E-state index in [2.05, 4.69) is 44.1 Å². The lowest BCUT2D eigenvalue weighted by molar-refractivity contribution is 0.314. The van der Waals surface area contributed by atoms with E-state index in [0.717, 1.165) is 17.8 Å². The number of hydrogen-bond donors (Lipinski definition) is 1. The van der Waals surface area contributed by atoms with Crippen LogP contribution in [0, 0.1) is 5.92 Å². The number of anilines is 2. The van der Waals surface area contributed by atoms with Crippen LogP contribution in [-0.4, -0.2) is 20.3 Å². The topological polar surface area (TPSA) is 76.7 Å². The van der Waals surface area contributed by atoms with Gasteiger partial charge in [-0.3, -0.25) is 0 Å². The van der Waals surface area contributed by atoms with Gasteiger partial charge in [-0.15, -0.1) is 0 Å². The molecule has 0 aliphatic carbocycles. The maximum Gasteiger partial charge on any atom is 0.245 e. The molecule has 2 heterocycles. The maximum absolute atomic E-state index is 6.04. The van der Waals surface area contributed by atoms with E-state index in [-0.39, 0.29) is 0 Å². The Morgan fingerprint density at radius 3 is 2.50 bits per heavy atom. The van der Waals surface area contributed by atoms with Gasteiger partial charge >= 0.3 is 0 Å². The fourth-order valence-electron chi connectivity index (χ4n) is 2.01. The Balaban J connectivity index is 2.01. The Labute approximate surface area is 136 Å². The molecule has 0 fully saturated rings. The van der Waals surface area contributed by atoms with Crippen LogP contribution < -0.4 is 5.32 Å². The Kier molecular flexibility index (Phi) is 4.13. The largest absolute Gasteiger partial charge is 0.339 e. The fourth-order valence-corrected chi connectivity index (χ4v) is 2.31. The second kappa shape index (κ2) is 6.06. The summed E-state index contributed by atoms with van der Waals surface area (Å²) >= 11 is 12.0. The van der Waals surface area contributed by atoms with Gasteiger partial charge < -0.3 is 5.32 Å². The van der Waals surface area contributed by atoms with E-state index in [4.69, 9.17) is 23.2 Å². The van der Waals surface area contributed by atoms with Gasteiger partial charge in [-0.1, -0.05) is 37.0 Å². The molecule has 0 unspecified atom stereocenters. The van der Waals surface area contributed by atoms with Crippen molar-refractivity contribution in [2.45, 2.75) is 20.3 Å². The molecule has 8 heteroatoms. The molecule has 0 saturated heterocycles. The number of halogens is 2. The average molecular weight is 338 g/mol. The molecule has 0 radical (unpaired) electrons. The van der Waals surface area contributed by atoms with Crippen LogP contribution >= 0.6 is 23.2 Å². The van der Waals surface area contributed by atoms with Crippen molar-refractivity contribution in [2.75, 3.05) is 5.32 Å². The minimum absolute atomic E-state index is 0.357. The van der Waals surface area contributed by atoms with Crippen molar-refractivity contribution < 1.29 is 4.63 Å². The van der Waals surface area contributed by atoms with Gasteiger partial charge in [0.2, 0.25) is 11.3 Å². The molecule has 0 saturated carbocycles. The molecular formula is C14H13Cl2N5O. The highest BCUT2D eigenvalue weighted by atomic mass is 35.5. The molecule has 0 aliphatic heterocycles. The highest BCUT2D eigenvalue weighted by Gasteiger charge is 2.14. The molecule has 3 aromatic rings. The molecule has 3 rings (SSSR count). The normalized spacial score (nSPS) is 11.3. The van der Waals surface area contributed by atoms with Crippen molar-refractivity contribution >= 4 is 46.0 Å². The quantitative estimate of drug-likeness (QED) is 0.766. The number of hydrogen-bond acceptors (Lipinski definition) is 6. The summed E-state index contributed by atoms with van der Waals surface area (Å²) in [5.74, 6) is 1.02. The third kappa shape index (κ3) is 3.13. The maximum atomic E-state index is 6.04. The number of aromatic nitrogens is 4. The van der Waals surface area contributed by atoms with Crippen molar-refractivity contribution in [1.82, 2.24) is 20.3 Å². The molecule has 0 amide bonds. The molecule has 114 valence electrons. The molecule has 6 nitrogen and oxygen atoms in total. The summed E-state index contributed by atoms with van der Waals surface area (Å²) in [6.45, 7) is 4.21. The van der Waals surface area contributed by atoms with Gasteiger partial charge in [-0.25, -0.2) is 14.6 Å². The minimum Gasteiger partial charge on any atom is -0.339 e. The van der Waals surface area contributed by atoms with Gasteiger partial charge in [0.25, 0.3) is 0 Å². The van der Waals surface area contributed by atoms with Gasteiger partial charge in [0, 0.05) is 5.69 Å². The summed E-state index contributed by atoms with van der Waals surface area (Å²) in [6, 6.07) is 5.27. The SMILES string of the molecule is CC(C)Cc1nc2nonc2nc1Nc1ccc(Cl)c(Cl)c1. The van der Waals surface area contributed by atoms with E-state index in [0.29, 0.717) is 33.1 Å². The highest BCUT2D eigenvalue weighted by Crippen LogP contribution is 2.28. The van der Waals surface area contributed by atoms with Crippen molar-refractivity contribution in [3.63, 3.8) is 0 Å². The number of benzene rings is 1. The smallest absolute Gasteiger partial charge is 0.245 e. The van der Waals surface area contributed by atoms with Crippen molar-refractivity contribution in [2.24, 2.45) is 5.92 Å². The lowest BCUT2D eigenvalue weighted by Crippen LogP contribution is -2.06. The molecule has 1 N–H and O–H groups in total. The first-order valence-electron chi connectivity index (χ1n) is 6.74. The van der Waals surface area contributed by atoms with Crippen LogP contribution in [0.15, 0.2) is 22.8 Å². The molecule has 0 atom stereocenters. The van der Waals surface area contributed by atoms with E-state index >= 15 is 0 Å². The average Bonchev–Trinajstić information content (AvgIpc) is 2.89. The number of nitrogens with one attached hydrogen (secondary N) is 1. The van der Waals surface area contributed by atoms with E-state index in [1.807, 2.05) is 6.07 Å². The lowest BCUT2D eigenvalue weighted by atomic mass is 10.1. The summed E-state index contributed by atoms with van der Waals surface area (Å²) in [6.07, 6.45) is 0.749. The molecular weight excluding hydrogens is 325 g/mol. The summed E-state index contributed by atoms with van der Waals surface area (Å²) in [5, 5.41) is 11.6. The second-order valence-electron chi connectivity index (χ2n) is 5.28. The number of nitrogens with zero attached hydrogens (tertiary/aromatic N) is 4. The molecule has 22 heavy (non-hydrogen) atoms. The molecule has 0 bridgehead atoms. The number of rotatable bonds is 4. The first-order valence-corrected chi connectivity index (χ1v) is 7.50. The zero-order chi connectivity index (χ0) is 15.7. The first kappa shape index (κ1) is 15.0. The van der Waals surface area contributed by atoms with Crippen molar-refractivity contribution in [1.29, 1.82) is 0 Å². The third-order valence-electron chi connectivity index (χ3n) is 2.97. The van der Waals surface area contributed by atoms with Crippen LogP contribution in [0.25, 0.3) is 11.3 Å². The molecule has 0 aliphatic rings. The third-order valence-corrected chi connectivity index (χ3v) is 3.71. The summed E-state index contributed by atoms with van der Waals surface area (Å²) in [4.78, 5) is 8.88. The van der Waals surface area contributed by atoms with Crippen LogP contribution in [0.3, 0.4) is 0 Å². The first-order chi connectivity index (χ1) is 10.5. The Bertz CT molecular complexity index is 818. The van der Waals surface area contributed by atoms with Gasteiger partial charge in [0.15, 0.2) is 5.82 Å². The molecule has 1 aromatic carbocycles. The van der Waals surface area contributed by atoms with Crippen LogP contribution in [0.2, 0.25) is 10.0 Å². The van der Waals surface area contributed by atoms with Crippen LogP contribution in [0.4, 0.5) is 11.5 Å². The molecule has 0 spiro atoms. The van der Waals surface area contributed by atoms with E-state index in [9.17, 15) is 0 Å². The van der Waals surface area contributed by atoms with Crippen LogP contribution in [-0.2, 0) is 6.42 Å². The minimum atomic E-state index is 0.357. The zero-order valence-electron chi connectivity index (χ0n) is 12.0. The fraction of sp³-hybridized carbons (Fsp3) is 0.286. The van der Waals surface area contributed by atoms with Gasteiger partial charge in [-0.2, -0.15) is 0 Å². The van der Waals surface area contributed by atoms with E-state index in [1.165, 1.54) is 0 Å². The summed E-state index contributed by atoms with van der Waals surface area (Å²) in [7, 11) is 0. The number of fused-ring (bicyclic) bond motifs is 1. The van der Waals surface area contributed by atoms with E-state index < -0.39 is 0 Å².